The van der Waals surface area contributed by atoms with Gasteiger partial charge >= 0.3 is 0 Å². The second-order valence-electron chi connectivity index (χ2n) is 5.62. The molecule has 0 unspecified atom stereocenters. The summed E-state index contributed by atoms with van der Waals surface area (Å²) < 4.78 is 7.27. The maximum Gasteiger partial charge on any atom is 0.267 e. The smallest absolute Gasteiger partial charge is 0.267 e. The Labute approximate surface area is 154 Å². The largest absolute Gasteiger partial charge is 0.421 e. The van der Waals surface area contributed by atoms with Crippen LogP contribution >= 0.6 is 11.3 Å². The summed E-state index contributed by atoms with van der Waals surface area (Å²) in [7, 11) is 1.80. The molecule has 0 saturated heterocycles. The molecule has 2 N–H and O–H groups in total. The molecular weight excluding hydrogens is 354 g/mol. The number of aromatic nitrogens is 3. The predicted molar refractivity (Wildman–Crippen MR) is 96.7 cm³/mol. The van der Waals surface area contributed by atoms with Crippen molar-refractivity contribution in [1.29, 1.82) is 0 Å². The van der Waals surface area contributed by atoms with Crippen LogP contribution in [0.25, 0.3) is 11.5 Å². The lowest BCUT2D eigenvalue weighted by Crippen LogP contribution is -2.35. The van der Waals surface area contributed by atoms with Gasteiger partial charge in [0.1, 0.15) is 5.69 Å². The summed E-state index contributed by atoms with van der Waals surface area (Å²) in [6, 6.07) is 5.44. The van der Waals surface area contributed by atoms with Crippen LogP contribution in [0.1, 0.15) is 22.8 Å². The Kier molecular flexibility index (Phi) is 5.80. The molecule has 26 heavy (non-hydrogen) atoms. The number of aryl methyl sites for hydroxylation is 2. The highest BCUT2D eigenvalue weighted by molar-refractivity contribution is 7.08. The minimum atomic E-state index is -0.168. The van der Waals surface area contributed by atoms with Gasteiger partial charge in [-0.3, -0.25) is 9.59 Å². The van der Waals surface area contributed by atoms with E-state index in [4.69, 9.17) is 4.42 Å². The number of hydrogen-bond donors (Lipinski definition) is 2. The molecule has 0 aliphatic carbocycles. The van der Waals surface area contributed by atoms with Crippen LogP contribution in [0.2, 0.25) is 0 Å². The standard InChI is InChI=1S/C17H19N5O3S/c1-22-9-2-3-13(22)16(24)19-8-7-18-14(23)4-5-15-20-21-17(25-15)12-6-10-26-11-12/h2-3,6,9-11H,4-5,7-8H2,1H3,(H,18,23)(H,19,24). The fourth-order valence-corrected chi connectivity index (χ4v) is 2.96. The van der Waals surface area contributed by atoms with Crippen LogP contribution in [0.4, 0.5) is 0 Å². The molecule has 3 aromatic rings. The topological polar surface area (TPSA) is 102 Å². The zero-order valence-corrected chi connectivity index (χ0v) is 15.1. The zero-order chi connectivity index (χ0) is 18.4. The van der Waals surface area contributed by atoms with E-state index in [2.05, 4.69) is 20.8 Å². The van der Waals surface area contributed by atoms with E-state index in [-0.39, 0.29) is 18.2 Å². The van der Waals surface area contributed by atoms with Crippen LogP contribution in [0.15, 0.2) is 39.6 Å². The zero-order valence-electron chi connectivity index (χ0n) is 14.3. The summed E-state index contributed by atoms with van der Waals surface area (Å²) in [4.78, 5) is 23.8. The molecule has 0 fully saturated rings. The van der Waals surface area contributed by atoms with Crippen LogP contribution in [-0.2, 0) is 18.3 Å². The van der Waals surface area contributed by atoms with Gasteiger partial charge in [0.2, 0.25) is 17.7 Å². The number of carbonyl (C=O) groups excluding carboxylic acids is 2. The molecular formula is C17H19N5O3S. The van der Waals surface area contributed by atoms with Crippen molar-refractivity contribution < 1.29 is 14.0 Å². The minimum Gasteiger partial charge on any atom is -0.421 e. The maximum atomic E-state index is 11.9. The molecule has 136 valence electrons. The number of carbonyl (C=O) groups is 2. The van der Waals surface area contributed by atoms with Gasteiger partial charge in [0, 0.05) is 50.1 Å². The predicted octanol–water partition coefficient (Wildman–Crippen LogP) is 1.62. The summed E-state index contributed by atoms with van der Waals surface area (Å²) in [6.07, 6.45) is 2.42. The summed E-state index contributed by atoms with van der Waals surface area (Å²) in [5, 5.41) is 17.3. The van der Waals surface area contributed by atoms with Gasteiger partial charge < -0.3 is 19.6 Å². The van der Waals surface area contributed by atoms with Gasteiger partial charge in [0.05, 0.1) is 0 Å². The number of nitrogens with zero attached hydrogens (tertiary/aromatic N) is 3. The number of rotatable bonds is 8. The molecule has 3 rings (SSSR count). The average molecular weight is 373 g/mol. The van der Waals surface area contributed by atoms with Gasteiger partial charge in [0.25, 0.3) is 5.91 Å². The lowest BCUT2D eigenvalue weighted by atomic mass is 10.3. The number of amides is 2. The Hall–Kier alpha value is -2.94. The van der Waals surface area contributed by atoms with Gasteiger partial charge in [-0.1, -0.05) is 0 Å². The van der Waals surface area contributed by atoms with Crippen LogP contribution in [0.3, 0.4) is 0 Å². The average Bonchev–Trinajstić information content (AvgIpc) is 3.37. The highest BCUT2D eigenvalue weighted by Crippen LogP contribution is 2.20. The van der Waals surface area contributed by atoms with E-state index in [1.807, 2.05) is 16.8 Å². The van der Waals surface area contributed by atoms with Crippen LogP contribution in [0.5, 0.6) is 0 Å². The normalized spacial score (nSPS) is 10.7. The van der Waals surface area contributed by atoms with E-state index < -0.39 is 0 Å². The summed E-state index contributed by atoms with van der Waals surface area (Å²) >= 11 is 1.55. The van der Waals surface area contributed by atoms with Crippen molar-refractivity contribution in [2.45, 2.75) is 12.8 Å². The quantitative estimate of drug-likeness (QED) is 0.584. The first-order chi connectivity index (χ1) is 12.6. The van der Waals surface area contributed by atoms with Gasteiger partial charge in [0.15, 0.2) is 0 Å². The molecule has 3 aromatic heterocycles. The lowest BCUT2D eigenvalue weighted by molar-refractivity contribution is -0.121. The molecule has 9 heteroatoms. The molecule has 0 aliphatic heterocycles. The Morgan fingerprint density at radius 3 is 2.81 bits per heavy atom. The SMILES string of the molecule is Cn1cccc1C(=O)NCCNC(=O)CCc1nnc(-c2ccsc2)o1. The van der Waals surface area contributed by atoms with Gasteiger partial charge in [-0.25, -0.2) is 0 Å². The van der Waals surface area contributed by atoms with Gasteiger partial charge in [-0.2, -0.15) is 11.3 Å². The molecule has 3 heterocycles. The fraction of sp³-hybridized carbons (Fsp3) is 0.294. The first-order valence-electron chi connectivity index (χ1n) is 8.14. The number of hydrogen-bond acceptors (Lipinski definition) is 6. The van der Waals surface area contributed by atoms with Crippen LogP contribution < -0.4 is 10.6 Å². The molecule has 0 aliphatic rings. The van der Waals surface area contributed by atoms with E-state index in [9.17, 15) is 9.59 Å². The summed E-state index contributed by atoms with van der Waals surface area (Å²) in [5.74, 6) is 0.593. The molecule has 0 spiro atoms. The lowest BCUT2D eigenvalue weighted by Gasteiger charge is -2.07. The van der Waals surface area contributed by atoms with Crippen molar-refractivity contribution in [3.8, 4) is 11.5 Å². The monoisotopic (exact) mass is 373 g/mol. The van der Waals surface area contributed by atoms with Crippen molar-refractivity contribution in [3.05, 3.63) is 46.7 Å². The third-order valence-corrected chi connectivity index (χ3v) is 4.39. The van der Waals surface area contributed by atoms with Crippen LogP contribution in [-0.4, -0.2) is 39.7 Å². The molecule has 0 saturated carbocycles. The maximum absolute atomic E-state index is 11.9. The van der Waals surface area contributed by atoms with Crippen molar-refractivity contribution in [3.63, 3.8) is 0 Å². The van der Waals surface area contributed by atoms with E-state index in [0.29, 0.717) is 37.0 Å². The van der Waals surface area contributed by atoms with E-state index in [0.717, 1.165) is 5.56 Å². The van der Waals surface area contributed by atoms with E-state index in [1.165, 1.54) is 0 Å². The Bertz CT molecular complexity index is 869. The summed E-state index contributed by atoms with van der Waals surface area (Å²) in [5.41, 5.74) is 1.46. The Morgan fingerprint density at radius 2 is 2.08 bits per heavy atom. The Balaban J connectivity index is 1.34. The number of thiophene rings is 1. The van der Waals surface area contributed by atoms with Crippen LogP contribution in [0, 0.1) is 0 Å². The molecule has 0 bridgehead atoms. The fourth-order valence-electron chi connectivity index (χ4n) is 2.33. The second kappa shape index (κ2) is 8.43. The van der Waals surface area contributed by atoms with Crippen molar-refractivity contribution >= 4 is 23.2 Å². The molecule has 2 amide bonds. The molecule has 0 radical (unpaired) electrons. The van der Waals surface area contributed by atoms with Crippen molar-refractivity contribution in [1.82, 2.24) is 25.4 Å². The first kappa shape index (κ1) is 17.9. The highest BCUT2D eigenvalue weighted by Gasteiger charge is 2.11. The molecule has 8 nitrogen and oxygen atoms in total. The highest BCUT2D eigenvalue weighted by atomic mass is 32.1. The third kappa shape index (κ3) is 4.57. The number of nitrogens with one attached hydrogen (secondary N) is 2. The molecule has 0 aromatic carbocycles. The van der Waals surface area contributed by atoms with Gasteiger partial charge in [-0.05, 0) is 23.6 Å². The van der Waals surface area contributed by atoms with Gasteiger partial charge in [-0.15, -0.1) is 10.2 Å². The minimum absolute atomic E-state index is 0.131. The van der Waals surface area contributed by atoms with Crippen molar-refractivity contribution in [2.75, 3.05) is 13.1 Å². The van der Waals surface area contributed by atoms with Crippen molar-refractivity contribution in [2.24, 2.45) is 7.05 Å². The molecule has 0 atom stereocenters. The second-order valence-corrected chi connectivity index (χ2v) is 6.40. The van der Waals surface area contributed by atoms with E-state index in [1.54, 1.807) is 41.3 Å². The first-order valence-corrected chi connectivity index (χ1v) is 9.09. The third-order valence-electron chi connectivity index (χ3n) is 3.71. The summed E-state index contributed by atoms with van der Waals surface area (Å²) in [6.45, 7) is 0.720. The Morgan fingerprint density at radius 1 is 1.23 bits per heavy atom. The van der Waals surface area contributed by atoms with E-state index >= 15 is 0 Å².